The van der Waals surface area contributed by atoms with Crippen molar-refractivity contribution in [1.29, 1.82) is 0 Å². The van der Waals surface area contributed by atoms with Gasteiger partial charge in [0.25, 0.3) is 5.69 Å². The molecular weight excluding hydrogens is 354 g/mol. The van der Waals surface area contributed by atoms with Gasteiger partial charge >= 0.3 is 11.9 Å². The fourth-order valence-electron chi connectivity index (χ4n) is 2.60. The second-order valence-corrected chi connectivity index (χ2v) is 5.61. The van der Waals surface area contributed by atoms with Gasteiger partial charge in [0.1, 0.15) is 22.7 Å². The molecule has 27 heavy (non-hydrogen) atoms. The quantitative estimate of drug-likeness (QED) is 0.289. The number of non-ortho nitro benzene ring substituents is 1. The first kappa shape index (κ1) is 18.1. The van der Waals surface area contributed by atoms with Gasteiger partial charge in [-0.1, -0.05) is 0 Å². The Bertz CT molecular complexity index is 1030. The molecular formula is C19H15NO7. The van der Waals surface area contributed by atoms with Gasteiger partial charge in [-0.15, -0.1) is 0 Å². The fraction of sp³-hybridized carbons (Fsp3) is 0.158. The van der Waals surface area contributed by atoms with E-state index in [9.17, 15) is 19.7 Å². The number of rotatable bonds is 5. The first-order valence-corrected chi connectivity index (χ1v) is 8.07. The summed E-state index contributed by atoms with van der Waals surface area (Å²) in [5.74, 6) is -0.589. The summed E-state index contributed by atoms with van der Waals surface area (Å²) >= 11 is 0. The molecule has 0 saturated heterocycles. The molecule has 0 unspecified atom stereocenters. The zero-order chi connectivity index (χ0) is 19.6. The first-order chi connectivity index (χ1) is 12.9. The van der Waals surface area contributed by atoms with E-state index in [1.807, 2.05) is 0 Å². The van der Waals surface area contributed by atoms with Crippen molar-refractivity contribution in [1.82, 2.24) is 0 Å². The molecule has 0 bridgehead atoms. The second kappa shape index (κ2) is 7.28. The summed E-state index contributed by atoms with van der Waals surface area (Å²) < 4.78 is 15.9. The van der Waals surface area contributed by atoms with Crippen LogP contribution in [0.3, 0.4) is 0 Å². The zero-order valence-corrected chi connectivity index (χ0v) is 14.6. The minimum Gasteiger partial charge on any atom is -0.462 e. The van der Waals surface area contributed by atoms with Crippen molar-refractivity contribution in [3.05, 3.63) is 69.5 Å². The van der Waals surface area contributed by atoms with Gasteiger partial charge in [-0.3, -0.25) is 10.1 Å². The molecule has 1 aromatic heterocycles. The Kier molecular flexibility index (Phi) is 4.89. The SMILES string of the molecule is CCOC(=O)c1c(C)oc2ccc(OC(=O)c3ccc([N+](=O)[O-])cc3)cc12. The number of ether oxygens (including phenoxy) is 2. The van der Waals surface area contributed by atoms with Crippen molar-refractivity contribution in [2.45, 2.75) is 13.8 Å². The fourth-order valence-corrected chi connectivity index (χ4v) is 2.60. The van der Waals surface area contributed by atoms with Crippen molar-refractivity contribution < 1.29 is 28.4 Å². The number of carbonyl (C=O) groups excluding carboxylic acids is 2. The molecule has 3 rings (SSSR count). The van der Waals surface area contributed by atoms with E-state index in [1.165, 1.54) is 36.4 Å². The van der Waals surface area contributed by atoms with Crippen LogP contribution >= 0.6 is 0 Å². The highest BCUT2D eigenvalue weighted by Crippen LogP contribution is 2.30. The van der Waals surface area contributed by atoms with E-state index in [0.29, 0.717) is 16.7 Å². The first-order valence-electron chi connectivity index (χ1n) is 8.07. The lowest BCUT2D eigenvalue weighted by atomic mass is 10.1. The third-order valence-corrected chi connectivity index (χ3v) is 3.84. The number of hydrogen-bond acceptors (Lipinski definition) is 7. The van der Waals surface area contributed by atoms with E-state index in [0.717, 1.165) is 0 Å². The monoisotopic (exact) mass is 369 g/mol. The number of benzene rings is 2. The molecule has 8 heteroatoms. The van der Waals surface area contributed by atoms with Crippen molar-refractivity contribution in [2.75, 3.05) is 6.61 Å². The number of nitrogens with zero attached hydrogens (tertiary/aromatic N) is 1. The third-order valence-electron chi connectivity index (χ3n) is 3.84. The molecule has 3 aromatic rings. The number of nitro groups is 1. The predicted octanol–water partition coefficient (Wildman–Crippen LogP) is 4.05. The molecule has 0 aliphatic carbocycles. The van der Waals surface area contributed by atoms with E-state index in [1.54, 1.807) is 19.9 Å². The summed E-state index contributed by atoms with van der Waals surface area (Å²) in [5.41, 5.74) is 0.779. The molecule has 0 aliphatic rings. The van der Waals surface area contributed by atoms with E-state index in [4.69, 9.17) is 13.9 Å². The van der Waals surface area contributed by atoms with Gasteiger partial charge in [-0.05, 0) is 44.2 Å². The molecule has 0 spiro atoms. The molecule has 138 valence electrons. The average molecular weight is 369 g/mol. The molecule has 0 saturated carbocycles. The van der Waals surface area contributed by atoms with Crippen LogP contribution in [0.15, 0.2) is 46.9 Å². The summed E-state index contributed by atoms with van der Waals surface area (Å²) in [6.07, 6.45) is 0. The minimum absolute atomic E-state index is 0.124. The maximum Gasteiger partial charge on any atom is 0.343 e. The molecule has 0 aliphatic heterocycles. The van der Waals surface area contributed by atoms with Crippen LogP contribution in [0.4, 0.5) is 5.69 Å². The summed E-state index contributed by atoms with van der Waals surface area (Å²) in [5, 5.41) is 11.1. The average Bonchev–Trinajstić information content (AvgIpc) is 2.97. The van der Waals surface area contributed by atoms with E-state index in [-0.39, 0.29) is 29.2 Å². The Morgan fingerprint density at radius 3 is 2.44 bits per heavy atom. The molecule has 0 amide bonds. The number of aryl methyl sites for hydroxylation is 1. The number of nitro benzene ring substituents is 1. The lowest BCUT2D eigenvalue weighted by Gasteiger charge is -2.05. The van der Waals surface area contributed by atoms with Gasteiger partial charge in [0.2, 0.25) is 0 Å². The molecule has 2 aromatic carbocycles. The molecule has 0 atom stereocenters. The summed E-state index contributed by atoms with van der Waals surface area (Å²) in [4.78, 5) is 34.5. The standard InChI is InChI=1S/C19H15NO7/c1-3-25-19(22)17-11(2)26-16-9-8-14(10-15(16)17)27-18(21)12-4-6-13(7-5-12)20(23)24/h4-10H,3H2,1-2H3. The molecule has 0 N–H and O–H groups in total. The molecule has 0 radical (unpaired) electrons. The number of fused-ring (bicyclic) bond motifs is 1. The van der Waals surface area contributed by atoms with Crippen LogP contribution < -0.4 is 4.74 Å². The molecule has 1 heterocycles. The van der Waals surface area contributed by atoms with Crippen LogP contribution in [-0.2, 0) is 4.74 Å². The predicted molar refractivity (Wildman–Crippen MR) is 95.0 cm³/mol. The van der Waals surface area contributed by atoms with E-state index >= 15 is 0 Å². The zero-order valence-electron chi connectivity index (χ0n) is 14.6. The van der Waals surface area contributed by atoms with Crippen LogP contribution in [0.25, 0.3) is 11.0 Å². The highest BCUT2D eigenvalue weighted by molar-refractivity contribution is 6.05. The lowest BCUT2D eigenvalue weighted by molar-refractivity contribution is -0.384. The summed E-state index contributed by atoms with van der Waals surface area (Å²) in [6, 6.07) is 9.70. The van der Waals surface area contributed by atoms with Crippen LogP contribution in [0.2, 0.25) is 0 Å². The highest BCUT2D eigenvalue weighted by atomic mass is 16.6. The van der Waals surface area contributed by atoms with Crippen molar-refractivity contribution in [2.24, 2.45) is 0 Å². The van der Waals surface area contributed by atoms with E-state index in [2.05, 4.69) is 0 Å². The maximum atomic E-state index is 12.3. The lowest BCUT2D eigenvalue weighted by Crippen LogP contribution is -2.08. The maximum absolute atomic E-state index is 12.3. The van der Waals surface area contributed by atoms with Crippen molar-refractivity contribution in [3.63, 3.8) is 0 Å². The Balaban J connectivity index is 1.88. The topological polar surface area (TPSA) is 109 Å². The van der Waals surface area contributed by atoms with Gasteiger partial charge in [0, 0.05) is 17.5 Å². The van der Waals surface area contributed by atoms with Crippen LogP contribution in [0, 0.1) is 17.0 Å². The van der Waals surface area contributed by atoms with E-state index < -0.39 is 16.9 Å². The van der Waals surface area contributed by atoms with Gasteiger partial charge in [-0.25, -0.2) is 9.59 Å². The Morgan fingerprint density at radius 1 is 1.11 bits per heavy atom. The van der Waals surface area contributed by atoms with Gasteiger partial charge < -0.3 is 13.9 Å². The van der Waals surface area contributed by atoms with Crippen molar-refractivity contribution in [3.8, 4) is 5.75 Å². The number of esters is 2. The smallest absolute Gasteiger partial charge is 0.343 e. The number of furan rings is 1. The molecule has 8 nitrogen and oxygen atoms in total. The summed E-state index contributed by atoms with van der Waals surface area (Å²) in [6.45, 7) is 3.57. The molecule has 0 fully saturated rings. The van der Waals surface area contributed by atoms with Crippen LogP contribution in [0.1, 0.15) is 33.4 Å². The van der Waals surface area contributed by atoms with Crippen molar-refractivity contribution >= 4 is 28.6 Å². The Hall–Kier alpha value is -3.68. The van der Waals surface area contributed by atoms with Crippen LogP contribution in [-0.4, -0.2) is 23.5 Å². The van der Waals surface area contributed by atoms with Gasteiger partial charge in [0.05, 0.1) is 17.1 Å². The van der Waals surface area contributed by atoms with Crippen LogP contribution in [0.5, 0.6) is 5.75 Å². The third kappa shape index (κ3) is 3.64. The van der Waals surface area contributed by atoms with Gasteiger partial charge in [0.15, 0.2) is 0 Å². The van der Waals surface area contributed by atoms with Gasteiger partial charge in [-0.2, -0.15) is 0 Å². The number of carbonyl (C=O) groups is 2. The Labute approximate surface area is 153 Å². The Morgan fingerprint density at radius 2 is 1.81 bits per heavy atom. The normalized spacial score (nSPS) is 10.6. The largest absolute Gasteiger partial charge is 0.462 e. The highest BCUT2D eigenvalue weighted by Gasteiger charge is 2.20. The minimum atomic E-state index is -0.679. The number of hydrogen-bond donors (Lipinski definition) is 0. The summed E-state index contributed by atoms with van der Waals surface area (Å²) in [7, 11) is 0. The second-order valence-electron chi connectivity index (χ2n) is 5.61.